The molecule has 0 aliphatic carbocycles. The van der Waals surface area contributed by atoms with Crippen molar-refractivity contribution in [2.75, 3.05) is 0 Å². The first-order valence-corrected chi connectivity index (χ1v) is 9.82. The van der Waals surface area contributed by atoms with Gasteiger partial charge in [0.1, 0.15) is 17.9 Å². The molecule has 0 unspecified atom stereocenters. The van der Waals surface area contributed by atoms with Gasteiger partial charge < -0.3 is 10.5 Å². The van der Waals surface area contributed by atoms with Gasteiger partial charge in [0.05, 0.1) is 9.98 Å². The molecule has 2 heterocycles. The molecule has 0 aliphatic heterocycles. The predicted molar refractivity (Wildman–Crippen MR) is 105 cm³/mol. The van der Waals surface area contributed by atoms with Crippen LogP contribution >= 0.6 is 38.9 Å². The predicted octanol–water partition coefficient (Wildman–Crippen LogP) is 4.95. The maximum atomic E-state index is 11.8. The Morgan fingerprint density at radius 3 is 2.52 bits per heavy atom. The third kappa shape index (κ3) is 6.98. The summed E-state index contributed by atoms with van der Waals surface area (Å²) in [5, 5.41) is 4.93. The van der Waals surface area contributed by atoms with Crippen LogP contribution in [0.5, 0.6) is 5.75 Å². The molecule has 0 spiro atoms. The van der Waals surface area contributed by atoms with Crippen LogP contribution in [0.25, 0.3) is 5.13 Å². The van der Waals surface area contributed by atoms with Gasteiger partial charge in [-0.3, -0.25) is 4.79 Å². The molecule has 0 aliphatic rings. The summed E-state index contributed by atoms with van der Waals surface area (Å²) < 4.78 is 41.8. The molecule has 0 saturated carbocycles. The number of nitrogens with two attached hydrogens (primary N) is 1. The highest BCUT2D eigenvalue weighted by Crippen LogP contribution is 2.27. The maximum absolute atomic E-state index is 11.8. The Balaban J connectivity index is 0.000000207. The Hall–Kier alpha value is -2.18. The minimum Gasteiger partial charge on any atom is -0.406 e. The van der Waals surface area contributed by atoms with Crippen LogP contribution in [-0.2, 0) is 0 Å². The summed E-state index contributed by atoms with van der Waals surface area (Å²) >= 11 is 10.4. The number of thiazole rings is 1. The van der Waals surface area contributed by atoms with Gasteiger partial charge in [0, 0.05) is 16.5 Å². The molecule has 2 aromatic heterocycles. The van der Waals surface area contributed by atoms with Gasteiger partial charge in [-0.05, 0) is 34.1 Å². The number of hydrogen-bond donors (Lipinski definition) is 1. The second-order valence-corrected chi connectivity index (χ2v) is 8.54. The highest BCUT2D eigenvalue weighted by atomic mass is 79.9. The highest BCUT2D eigenvalue weighted by molar-refractivity contribution is 9.11. The quantitative estimate of drug-likeness (QED) is 0.534. The van der Waals surface area contributed by atoms with Crippen LogP contribution in [0.1, 0.15) is 35.9 Å². The molecule has 0 fully saturated rings. The van der Waals surface area contributed by atoms with Crippen LogP contribution in [0.2, 0.25) is 5.02 Å². The van der Waals surface area contributed by atoms with E-state index in [2.05, 4.69) is 49.6 Å². The Morgan fingerprint density at radius 2 is 2.00 bits per heavy atom. The maximum Gasteiger partial charge on any atom is 0.573 e. The number of primary amides is 1. The number of halogens is 5. The minimum atomic E-state index is -4.83. The smallest absolute Gasteiger partial charge is 0.406 e. The largest absolute Gasteiger partial charge is 0.573 e. The van der Waals surface area contributed by atoms with Gasteiger partial charge in [0.2, 0.25) is 11.0 Å². The molecule has 0 radical (unpaired) electrons. The van der Waals surface area contributed by atoms with Crippen LogP contribution < -0.4 is 10.5 Å². The zero-order valence-electron chi connectivity index (χ0n) is 14.9. The third-order valence-electron chi connectivity index (χ3n) is 3.13. The second kappa shape index (κ2) is 9.55. The van der Waals surface area contributed by atoms with Crippen molar-refractivity contribution in [3.63, 3.8) is 0 Å². The Bertz CT molecular complexity index is 993. The molecule has 0 bridgehead atoms. The van der Waals surface area contributed by atoms with E-state index in [9.17, 15) is 18.0 Å². The van der Waals surface area contributed by atoms with Crippen molar-refractivity contribution >= 4 is 44.8 Å². The van der Waals surface area contributed by atoms with Gasteiger partial charge >= 0.3 is 6.36 Å². The molecule has 1 aromatic carbocycles. The number of carbonyl (C=O) groups excluding carboxylic acids is 1. The average Bonchev–Trinajstić information content (AvgIpc) is 3.21. The summed E-state index contributed by atoms with van der Waals surface area (Å²) in [6.45, 7) is 4.17. The number of hydrogen-bond acceptors (Lipinski definition) is 6. The Labute approximate surface area is 180 Å². The van der Waals surface area contributed by atoms with Gasteiger partial charge in [-0.2, -0.15) is 9.78 Å². The first-order valence-electron chi connectivity index (χ1n) is 7.84. The number of carbonyl (C=O) groups is 1. The molecule has 156 valence electrons. The van der Waals surface area contributed by atoms with Crippen LogP contribution in [0, 0.1) is 0 Å². The van der Waals surface area contributed by atoms with E-state index < -0.39 is 18.0 Å². The van der Waals surface area contributed by atoms with Crippen molar-refractivity contribution in [3.8, 4) is 10.9 Å². The summed E-state index contributed by atoms with van der Waals surface area (Å²) in [6, 6.07) is 2.94. The SMILES string of the molecule is CC(C)c1ncnn1-c1ncc(Br)s1.NC(=O)c1cc(Cl)cc(OC(F)(F)F)c1. The van der Waals surface area contributed by atoms with Crippen molar-refractivity contribution in [2.45, 2.75) is 26.1 Å². The molecule has 2 N–H and O–H groups in total. The zero-order valence-corrected chi connectivity index (χ0v) is 18.1. The normalized spacial score (nSPS) is 11.2. The van der Waals surface area contributed by atoms with E-state index in [1.54, 1.807) is 28.5 Å². The van der Waals surface area contributed by atoms with E-state index >= 15 is 0 Å². The molecule has 3 aromatic rings. The van der Waals surface area contributed by atoms with Gasteiger partial charge in [0.15, 0.2) is 0 Å². The van der Waals surface area contributed by atoms with Crippen LogP contribution in [-0.4, -0.2) is 32.0 Å². The average molecular weight is 513 g/mol. The monoisotopic (exact) mass is 511 g/mol. The minimum absolute atomic E-state index is 0.0643. The van der Waals surface area contributed by atoms with E-state index in [1.165, 1.54) is 0 Å². The van der Waals surface area contributed by atoms with Crippen LogP contribution in [0.3, 0.4) is 0 Å². The van der Waals surface area contributed by atoms with E-state index in [0.29, 0.717) is 5.92 Å². The van der Waals surface area contributed by atoms with Gasteiger partial charge in [0.25, 0.3) is 0 Å². The molecule has 7 nitrogen and oxygen atoms in total. The van der Waals surface area contributed by atoms with Crippen molar-refractivity contribution in [1.29, 1.82) is 0 Å². The molecule has 29 heavy (non-hydrogen) atoms. The topological polar surface area (TPSA) is 95.9 Å². The molecule has 13 heteroatoms. The molecule has 3 rings (SSSR count). The molecule has 0 atom stereocenters. The standard InChI is InChI=1S/C8H9BrN4S.C8H5ClF3NO2/c1-5(2)7-11-4-12-13(7)8-10-3-6(9)14-8;9-5-1-4(7(13)14)2-6(3-5)15-8(10,11)12/h3-5H,1-2H3;1-3H,(H2,13,14). The fraction of sp³-hybridized carbons (Fsp3) is 0.250. The zero-order chi connectivity index (χ0) is 21.8. The lowest BCUT2D eigenvalue weighted by Gasteiger charge is -2.09. The summed E-state index contributed by atoms with van der Waals surface area (Å²) in [5.41, 5.74) is 4.73. The summed E-state index contributed by atoms with van der Waals surface area (Å²) in [4.78, 5) is 19.1. The number of rotatable bonds is 4. The number of nitrogens with zero attached hydrogens (tertiary/aromatic N) is 4. The number of alkyl halides is 3. The van der Waals surface area contributed by atoms with Crippen molar-refractivity contribution in [1.82, 2.24) is 19.7 Å². The molecular weight excluding hydrogens is 499 g/mol. The fourth-order valence-electron chi connectivity index (χ4n) is 2.03. The van der Waals surface area contributed by atoms with Crippen molar-refractivity contribution < 1.29 is 22.7 Å². The van der Waals surface area contributed by atoms with Crippen LogP contribution in [0.15, 0.2) is 34.5 Å². The highest BCUT2D eigenvalue weighted by Gasteiger charge is 2.31. The van der Waals surface area contributed by atoms with E-state index in [0.717, 1.165) is 32.9 Å². The number of ether oxygens (including phenoxy) is 1. The molecule has 0 saturated heterocycles. The summed E-state index contributed by atoms with van der Waals surface area (Å²) in [6.07, 6.45) is -1.50. The fourth-order valence-corrected chi connectivity index (χ4v) is 3.41. The van der Waals surface area contributed by atoms with Crippen molar-refractivity contribution in [2.24, 2.45) is 5.73 Å². The van der Waals surface area contributed by atoms with Crippen molar-refractivity contribution in [3.05, 3.63) is 50.9 Å². The van der Waals surface area contributed by atoms with Gasteiger partial charge in [-0.1, -0.05) is 36.8 Å². The summed E-state index contributed by atoms with van der Waals surface area (Å²) in [5.74, 6) is -0.180. The first-order chi connectivity index (χ1) is 13.5. The van der Waals surface area contributed by atoms with Gasteiger partial charge in [-0.15, -0.1) is 13.2 Å². The number of aromatic nitrogens is 4. The van der Waals surface area contributed by atoms with E-state index in [1.807, 2.05) is 0 Å². The summed E-state index contributed by atoms with van der Waals surface area (Å²) in [7, 11) is 0. The Kier molecular flexibility index (Phi) is 7.60. The number of benzene rings is 1. The second-order valence-electron chi connectivity index (χ2n) is 5.72. The molecule has 1 amide bonds. The van der Waals surface area contributed by atoms with Gasteiger partial charge in [-0.25, -0.2) is 9.97 Å². The number of amides is 1. The lowest BCUT2D eigenvalue weighted by molar-refractivity contribution is -0.274. The van der Waals surface area contributed by atoms with Crippen LogP contribution in [0.4, 0.5) is 13.2 Å². The van der Waals surface area contributed by atoms with E-state index in [4.69, 9.17) is 17.3 Å². The first kappa shape index (κ1) is 23.1. The van der Waals surface area contributed by atoms with E-state index in [-0.39, 0.29) is 10.6 Å². The Morgan fingerprint density at radius 1 is 1.31 bits per heavy atom. The third-order valence-corrected chi connectivity index (χ3v) is 4.80. The molecular formula is C16H14BrClF3N5O2S. The lowest BCUT2D eigenvalue weighted by Crippen LogP contribution is -2.18. The lowest BCUT2D eigenvalue weighted by atomic mass is 10.2.